The average molecular weight is 254 g/mol. The average Bonchev–Trinajstić information content (AvgIpc) is 2.55. The third-order valence-electron chi connectivity index (χ3n) is 4.11. The van der Waals surface area contributed by atoms with Crippen LogP contribution in [-0.4, -0.2) is 74.6 Å². The van der Waals surface area contributed by atoms with Crippen LogP contribution in [0.15, 0.2) is 0 Å². The summed E-state index contributed by atoms with van der Waals surface area (Å²) in [5.74, 6) is 0.194. The molecular formula is C13H26N4O. The molecule has 2 fully saturated rings. The summed E-state index contributed by atoms with van der Waals surface area (Å²) >= 11 is 0. The molecule has 1 amide bonds. The second kappa shape index (κ2) is 6.50. The first-order valence-corrected chi connectivity index (χ1v) is 7.04. The van der Waals surface area contributed by atoms with Crippen LogP contribution in [0.4, 0.5) is 0 Å². The molecule has 2 aliphatic heterocycles. The first kappa shape index (κ1) is 13.8. The second-order valence-corrected chi connectivity index (χ2v) is 5.70. The lowest BCUT2D eigenvalue weighted by Gasteiger charge is -2.38. The zero-order valence-electron chi connectivity index (χ0n) is 11.6. The van der Waals surface area contributed by atoms with Gasteiger partial charge in [0.25, 0.3) is 0 Å². The predicted molar refractivity (Wildman–Crippen MR) is 72.6 cm³/mol. The smallest absolute Gasteiger partial charge is 0.221 e. The fraction of sp³-hybridized carbons (Fsp3) is 0.923. The minimum atomic E-state index is 0.194. The van der Waals surface area contributed by atoms with Gasteiger partial charge in [-0.25, -0.2) is 0 Å². The molecule has 0 spiro atoms. The molecule has 2 heterocycles. The van der Waals surface area contributed by atoms with Crippen LogP contribution in [0, 0.1) is 0 Å². The molecule has 0 saturated carbocycles. The number of piperazine rings is 1. The van der Waals surface area contributed by atoms with Gasteiger partial charge in [0.2, 0.25) is 5.91 Å². The number of nitrogens with one attached hydrogen (secondary N) is 2. The Morgan fingerprint density at radius 3 is 3.06 bits per heavy atom. The fourth-order valence-electron chi connectivity index (χ4n) is 2.77. The molecule has 104 valence electrons. The van der Waals surface area contributed by atoms with Gasteiger partial charge >= 0.3 is 0 Å². The highest BCUT2D eigenvalue weighted by Gasteiger charge is 2.24. The number of hydrogen-bond acceptors (Lipinski definition) is 4. The Hall–Kier alpha value is -0.650. The molecule has 2 atom stereocenters. The molecule has 0 aromatic heterocycles. The van der Waals surface area contributed by atoms with E-state index in [-0.39, 0.29) is 5.91 Å². The first-order valence-electron chi connectivity index (χ1n) is 7.04. The highest BCUT2D eigenvalue weighted by Crippen LogP contribution is 2.09. The van der Waals surface area contributed by atoms with E-state index in [1.54, 1.807) is 0 Å². The molecule has 0 radical (unpaired) electrons. The topological polar surface area (TPSA) is 47.6 Å². The highest BCUT2D eigenvalue weighted by atomic mass is 16.1. The van der Waals surface area contributed by atoms with E-state index in [0.29, 0.717) is 18.5 Å². The van der Waals surface area contributed by atoms with Gasteiger partial charge in [-0.05, 0) is 26.9 Å². The van der Waals surface area contributed by atoms with Gasteiger partial charge in [-0.15, -0.1) is 0 Å². The molecule has 5 heteroatoms. The second-order valence-electron chi connectivity index (χ2n) is 5.70. The maximum Gasteiger partial charge on any atom is 0.221 e. The van der Waals surface area contributed by atoms with Crippen LogP contribution >= 0.6 is 0 Å². The number of amides is 1. The summed E-state index contributed by atoms with van der Waals surface area (Å²) in [6.45, 7) is 5.22. The first-order chi connectivity index (χ1) is 8.65. The molecule has 2 rings (SSSR count). The highest BCUT2D eigenvalue weighted by molar-refractivity contribution is 5.76. The monoisotopic (exact) mass is 254 g/mol. The molecule has 18 heavy (non-hydrogen) atoms. The lowest BCUT2D eigenvalue weighted by molar-refractivity contribution is -0.121. The van der Waals surface area contributed by atoms with Gasteiger partial charge < -0.3 is 15.5 Å². The number of likely N-dealkylation sites (N-methyl/N-ethyl adjacent to an activating group) is 2. The number of nitrogens with zero attached hydrogens (tertiary/aromatic N) is 2. The van der Waals surface area contributed by atoms with Gasteiger partial charge in [0.05, 0.1) is 0 Å². The Kier molecular flexibility index (Phi) is 4.97. The Morgan fingerprint density at radius 1 is 1.39 bits per heavy atom. The Morgan fingerprint density at radius 2 is 2.22 bits per heavy atom. The van der Waals surface area contributed by atoms with Crippen LogP contribution in [0.25, 0.3) is 0 Å². The summed E-state index contributed by atoms with van der Waals surface area (Å²) in [7, 11) is 4.37. The van der Waals surface area contributed by atoms with E-state index >= 15 is 0 Å². The van der Waals surface area contributed by atoms with Gasteiger partial charge in [0.15, 0.2) is 0 Å². The van der Waals surface area contributed by atoms with E-state index in [2.05, 4.69) is 34.5 Å². The van der Waals surface area contributed by atoms with Crippen molar-refractivity contribution in [2.45, 2.75) is 31.3 Å². The number of rotatable bonds is 3. The minimum absolute atomic E-state index is 0.194. The molecule has 0 aliphatic carbocycles. The number of carbonyl (C=O) groups excluding carboxylic acids is 1. The molecule has 2 N–H and O–H groups in total. The van der Waals surface area contributed by atoms with Crippen molar-refractivity contribution in [1.29, 1.82) is 0 Å². The van der Waals surface area contributed by atoms with Gasteiger partial charge in [-0.1, -0.05) is 0 Å². The molecule has 5 nitrogen and oxygen atoms in total. The zero-order chi connectivity index (χ0) is 13.0. The van der Waals surface area contributed by atoms with Crippen molar-refractivity contribution in [2.24, 2.45) is 0 Å². The van der Waals surface area contributed by atoms with Crippen LogP contribution in [0.1, 0.15) is 19.3 Å². The third-order valence-corrected chi connectivity index (χ3v) is 4.11. The molecule has 0 aromatic rings. The van der Waals surface area contributed by atoms with E-state index < -0.39 is 0 Å². The van der Waals surface area contributed by atoms with Gasteiger partial charge in [-0.3, -0.25) is 9.69 Å². The van der Waals surface area contributed by atoms with Crippen LogP contribution in [0.2, 0.25) is 0 Å². The molecule has 0 aromatic carbocycles. The number of hydrogen-bond donors (Lipinski definition) is 2. The van der Waals surface area contributed by atoms with E-state index in [9.17, 15) is 4.79 Å². The summed E-state index contributed by atoms with van der Waals surface area (Å²) < 4.78 is 0. The van der Waals surface area contributed by atoms with E-state index in [4.69, 9.17) is 0 Å². The van der Waals surface area contributed by atoms with Crippen molar-refractivity contribution in [3.8, 4) is 0 Å². The summed E-state index contributed by atoms with van der Waals surface area (Å²) in [6.07, 6.45) is 2.82. The van der Waals surface area contributed by atoms with Gasteiger partial charge in [0.1, 0.15) is 0 Å². The largest absolute Gasteiger partial charge is 0.356 e. The number of carbonyl (C=O) groups is 1. The zero-order valence-corrected chi connectivity index (χ0v) is 11.6. The quantitative estimate of drug-likeness (QED) is 0.712. The molecule has 0 bridgehead atoms. The van der Waals surface area contributed by atoms with Crippen molar-refractivity contribution in [1.82, 2.24) is 20.4 Å². The lowest BCUT2D eigenvalue weighted by Crippen LogP contribution is -2.54. The third kappa shape index (κ3) is 3.93. The van der Waals surface area contributed by atoms with Crippen molar-refractivity contribution >= 4 is 5.91 Å². The summed E-state index contributed by atoms with van der Waals surface area (Å²) in [5.41, 5.74) is 0. The van der Waals surface area contributed by atoms with Gasteiger partial charge in [-0.2, -0.15) is 0 Å². The van der Waals surface area contributed by atoms with Crippen LogP contribution in [0.3, 0.4) is 0 Å². The van der Waals surface area contributed by atoms with Crippen LogP contribution in [0.5, 0.6) is 0 Å². The van der Waals surface area contributed by atoms with E-state index in [1.165, 1.54) is 0 Å². The molecule has 2 aliphatic rings. The lowest BCUT2D eigenvalue weighted by atomic mass is 10.1. The normalized spacial score (nSPS) is 32.0. The Labute approximate surface area is 110 Å². The van der Waals surface area contributed by atoms with Crippen molar-refractivity contribution in [3.63, 3.8) is 0 Å². The summed E-state index contributed by atoms with van der Waals surface area (Å²) in [5, 5.41) is 6.51. The van der Waals surface area contributed by atoms with Crippen molar-refractivity contribution < 1.29 is 4.79 Å². The molecule has 2 saturated heterocycles. The summed E-state index contributed by atoms with van der Waals surface area (Å²) in [4.78, 5) is 16.3. The standard InChI is InChI=1S/C13H26N4O/c1-16-6-7-17(2)12(10-16)9-15-11-4-3-5-14-13(18)8-11/h11-12,15H,3-10H2,1-2H3,(H,14,18). The Bertz CT molecular complexity index is 284. The fourth-order valence-corrected chi connectivity index (χ4v) is 2.77. The minimum Gasteiger partial charge on any atom is -0.356 e. The maximum absolute atomic E-state index is 11.5. The van der Waals surface area contributed by atoms with Crippen LogP contribution in [-0.2, 0) is 4.79 Å². The van der Waals surface area contributed by atoms with E-state index in [0.717, 1.165) is 45.6 Å². The van der Waals surface area contributed by atoms with Crippen molar-refractivity contribution in [2.75, 3.05) is 46.8 Å². The van der Waals surface area contributed by atoms with E-state index in [1.807, 2.05) is 0 Å². The SMILES string of the molecule is CN1CCN(C)C(CNC2CCCNC(=O)C2)C1. The summed E-state index contributed by atoms with van der Waals surface area (Å²) in [6, 6.07) is 0.920. The maximum atomic E-state index is 11.5. The predicted octanol–water partition coefficient (Wildman–Crippen LogP) is -0.509. The Balaban J connectivity index is 1.77. The van der Waals surface area contributed by atoms with Crippen LogP contribution < -0.4 is 10.6 Å². The molecule has 2 unspecified atom stereocenters. The molecular weight excluding hydrogens is 228 g/mol. The van der Waals surface area contributed by atoms with Gasteiger partial charge in [0, 0.05) is 51.2 Å². The van der Waals surface area contributed by atoms with Crippen molar-refractivity contribution in [3.05, 3.63) is 0 Å².